The molecule has 0 aliphatic carbocycles. The first-order valence-corrected chi connectivity index (χ1v) is 4.34. The van der Waals surface area contributed by atoms with Crippen LogP contribution in [0.25, 0.3) is 0 Å². The van der Waals surface area contributed by atoms with Crippen LogP contribution in [0, 0.1) is 5.92 Å². The monoisotopic (exact) mass is 218 g/mol. The second-order valence-corrected chi connectivity index (χ2v) is 3.81. The Morgan fingerprint density at radius 3 is 2.73 bits per heavy atom. The summed E-state index contributed by atoms with van der Waals surface area (Å²) in [5.41, 5.74) is -0.0504. The maximum absolute atomic E-state index is 11.1. The van der Waals surface area contributed by atoms with Crippen LogP contribution in [0.3, 0.4) is 0 Å². The Labute approximate surface area is 73.6 Å². The first kappa shape index (κ1) is 8.59. The molecule has 1 rings (SSSR count). The molecule has 1 aromatic heterocycles. The minimum absolute atomic E-state index is 0.0504. The molecule has 11 heavy (non-hydrogen) atoms. The summed E-state index contributed by atoms with van der Waals surface area (Å²) in [6, 6.07) is 0. The summed E-state index contributed by atoms with van der Waals surface area (Å²) in [5.74, 6) is 0.496. The van der Waals surface area contributed by atoms with Crippen LogP contribution in [0.5, 0.6) is 0 Å². The molecule has 0 fully saturated rings. The maximum Gasteiger partial charge on any atom is 0.326 e. The first-order valence-electron chi connectivity index (χ1n) is 3.54. The molecular weight excluding hydrogens is 208 g/mol. The van der Waals surface area contributed by atoms with Gasteiger partial charge in [0.1, 0.15) is 4.60 Å². The number of imidazole rings is 1. The molecule has 4 heteroatoms. The van der Waals surface area contributed by atoms with Gasteiger partial charge in [-0.25, -0.2) is 4.79 Å². The van der Waals surface area contributed by atoms with E-state index >= 15 is 0 Å². The van der Waals surface area contributed by atoms with Gasteiger partial charge in [0.15, 0.2) is 0 Å². The third kappa shape index (κ3) is 2.22. The number of rotatable bonds is 2. The molecule has 0 atom stereocenters. The molecule has 0 bridgehead atoms. The van der Waals surface area contributed by atoms with E-state index in [1.165, 1.54) is 0 Å². The fraction of sp³-hybridized carbons (Fsp3) is 0.571. The van der Waals surface area contributed by atoms with Crippen LogP contribution >= 0.6 is 15.9 Å². The van der Waals surface area contributed by atoms with Crippen LogP contribution in [0.4, 0.5) is 0 Å². The molecule has 1 aromatic rings. The third-order valence-corrected chi connectivity index (χ3v) is 1.72. The Morgan fingerprint density at radius 2 is 2.36 bits per heavy atom. The van der Waals surface area contributed by atoms with Crippen molar-refractivity contribution in [3.05, 3.63) is 21.3 Å². The van der Waals surface area contributed by atoms with Crippen molar-refractivity contribution >= 4 is 15.9 Å². The standard InChI is InChI=1S/C7H11BrN2O/c1-5(2)3-10-4-6(8)9-7(10)11/h4-5H,3H2,1-2H3,(H,9,11). The summed E-state index contributed by atoms with van der Waals surface area (Å²) < 4.78 is 2.40. The predicted octanol–water partition coefficient (Wildman–Crippen LogP) is 1.59. The van der Waals surface area contributed by atoms with Gasteiger partial charge in [0, 0.05) is 12.7 Å². The summed E-state index contributed by atoms with van der Waals surface area (Å²) in [5, 5.41) is 0. The van der Waals surface area contributed by atoms with Crippen LogP contribution in [0.1, 0.15) is 13.8 Å². The van der Waals surface area contributed by atoms with E-state index in [4.69, 9.17) is 0 Å². The molecule has 0 amide bonds. The highest BCUT2D eigenvalue weighted by Gasteiger charge is 2.01. The highest BCUT2D eigenvalue weighted by molar-refractivity contribution is 9.10. The average Bonchev–Trinajstić information content (AvgIpc) is 2.09. The minimum atomic E-state index is -0.0504. The lowest BCUT2D eigenvalue weighted by Gasteiger charge is -2.02. The number of nitrogens with one attached hydrogen (secondary N) is 1. The zero-order valence-corrected chi connectivity index (χ0v) is 8.18. The lowest BCUT2D eigenvalue weighted by molar-refractivity contribution is 0.512. The van der Waals surface area contributed by atoms with Gasteiger partial charge >= 0.3 is 5.69 Å². The van der Waals surface area contributed by atoms with Gasteiger partial charge in [-0.15, -0.1) is 0 Å². The van der Waals surface area contributed by atoms with Crippen molar-refractivity contribution in [3.8, 4) is 0 Å². The Bertz CT molecular complexity index is 287. The molecule has 0 saturated carbocycles. The van der Waals surface area contributed by atoms with Gasteiger partial charge in [0.25, 0.3) is 0 Å². The number of aromatic nitrogens is 2. The quantitative estimate of drug-likeness (QED) is 0.805. The number of hydrogen-bond donors (Lipinski definition) is 1. The molecule has 1 heterocycles. The highest BCUT2D eigenvalue weighted by Crippen LogP contribution is 2.03. The molecular formula is C7H11BrN2O. The highest BCUT2D eigenvalue weighted by atomic mass is 79.9. The molecule has 1 N–H and O–H groups in total. The Hall–Kier alpha value is -0.510. The van der Waals surface area contributed by atoms with Crippen LogP contribution < -0.4 is 5.69 Å². The second-order valence-electron chi connectivity index (χ2n) is 2.95. The summed E-state index contributed by atoms with van der Waals surface area (Å²) in [6.07, 6.45) is 1.77. The number of hydrogen-bond acceptors (Lipinski definition) is 1. The normalized spacial score (nSPS) is 10.9. The van der Waals surface area contributed by atoms with E-state index in [0.717, 1.165) is 11.1 Å². The van der Waals surface area contributed by atoms with Gasteiger partial charge in [0.2, 0.25) is 0 Å². The Balaban J connectivity index is 2.86. The molecule has 0 aliphatic rings. The van der Waals surface area contributed by atoms with Crippen LogP contribution in [-0.4, -0.2) is 9.55 Å². The van der Waals surface area contributed by atoms with Gasteiger partial charge in [-0.3, -0.25) is 4.57 Å². The van der Waals surface area contributed by atoms with Gasteiger partial charge in [-0.1, -0.05) is 13.8 Å². The Morgan fingerprint density at radius 1 is 1.73 bits per heavy atom. The van der Waals surface area contributed by atoms with E-state index in [1.807, 2.05) is 0 Å². The molecule has 0 aliphatic heterocycles. The van der Waals surface area contributed by atoms with Crippen LogP contribution in [0.2, 0.25) is 0 Å². The van der Waals surface area contributed by atoms with E-state index in [1.54, 1.807) is 10.8 Å². The first-order chi connectivity index (χ1) is 5.09. The van der Waals surface area contributed by atoms with E-state index in [-0.39, 0.29) is 5.69 Å². The summed E-state index contributed by atoms with van der Waals surface area (Å²) in [4.78, 5) is 13.7. The van der Waals surface area contributed by atoms with E-state index < -0.39 is 0 Å². The maximum atomic E-state index is 11.1. The average molecular weight is 219 g/mol. The second kappa shape index (κ2) is 3.26. The van der Waals surface area contributed by atoms with Crippen molar-refractivity contribution in [1.29, 1.82) is 0 Å². The van der Waals surface area contributed by atoms with Gasteiger partial charge < -0.3 is 4.98 Å². The topological polar surface area (TPSA) is 37.8 Å². The van der Waals surface area contributed by atoms with E-state index in [0.29, 0.717) is 5.92 Å². The zero-order chi connectivity index (χ0) is 8.43. The van der Waals surface area contributed by atoms with Crippen molar-refractivity contribution in [2.45, 2.75) is 20.4 Å². The smallest absolute Gasteiger partial charge is 0.300 e. The largest absolute Gasteiger partial charge is 0.326 e. The molecule has 0 spiro atoms. The van der Waals surface area contributed by atoms with Crippen molar-refractivity contribution in [2.75, 3.05) is 0 Å². The molecule has 3 nitrogen and oxygen atoms in total. The van der Waals surface area contributed by atoms with Crippen molar-refractivity contribution in [3.63, 3.8) is 0 Å². The minimum Gasteiger partial charge on any atom is -0.300 e. The van der Waals surface area contributed by atoms with Crippen molar-refractivity contribution < 1.29 is 0 Å². The summed E-state index contributed by atoms with van der Waals surface area (Å²) in [7, 11) is 0. The SMILES string of the molecule is CC(C)Cn1cc(Br)[nH]c1=O. The third-order valence-electron chi connectivity index (χ3n) is 1.32. The number of H-pyrrole nitrogens is 1. The molecule has 62 valence electrons. The molecule has 0 radical (unpaired) electrons. The fourth-order valence-electron chi connectivity index (χ4n) is 0.931. The van der Waals surface area contributed by atoms with Crippen LogP contribution in [0.15, 0.2) is 15.6 Å². The lowest BCUT2D eigenvalue weighted by Crippen LogP contribution is -2.18. The van der Waals surface area contributed by atoms with Crippen molar-refractivity contribution in [1.82, 2.24) is 9.55 Å². The lowest BCUT2D eigenvalue weighted by atomic mass is 10.2. The molecule has 0 aromatic carbocycles. The van der Waals surface area contributed by atoms with Gasteiger partial charge in [-0.05, 0) is 21.8 Å². The van der Waals surface area contributed by atoms with Crippen molar-refractivity contribution in [2.24, 2.45) is 5.92 Å². The predicted molar refractivity (Wildman–Crippen MR) is 47.6 cm³/mol. The fourth-order valence-corrected chi connectivity index (χ4v) is 1.35. The van der Waals surface area contributed by atoms with E-state index in [2.05, 4.69) is 34.8 Å². The summed E-state index contributed by atoms with van der Waals surface area (Å²) >= 11 is 3.20. The van der Waals surface area contributed by atoms with E-state index in [9.17, 15) is 4.79 Å². The van der Waals surface area contributed by atoms with Crippen LogP contribution in [-0.2, 0) is 6.54 Å². The van der Waals surface area contributed by atoms with Gasteiger partial charge in [-0.2, -0.15) is 0 Å². The zero-order valence-electron chi connectivity index (χ0n) is 6.60. The molecule has 0 unspecified atom stereocenters. The summed E-state index contributed by atoms with van der Waals surface area (Å²) in [6.45, 7) is 4.92. The number of halogens is 1. The Kier molecular flexibility index (Phi) is 2.54. The molecule has 0 saturated heterocycles. The van der Waals surface area contributed by atoms with Gasteiger partial charge in [0.05, 0.1) is 0 Å². The number of aromatic amines is 1. The number of nitrogens with zero attached hydrogens (tertiary/aromatic N) is 1.